The average molecular weight is 278 g/mol. The molecule has 92 valence electrons. The molecule has 0 unspecified atom stereocenters. The maximum Gasteiger partial charge on any atom is 0.113 e. The summed E-state index contributed by atoms with van der Waals surface area (Å²) in [5, 5.41) is 3.08. The number of aryl methyl sites for hydroxylation is 1. The normalized spacial score (nSPS) is 11.2. The topological polar surface area (TPSA) is 30.7 Å². The van der Waals surface area contributed by atoms with E-state index in [1.807, 2.05) is 30.5 Å². The number of halogens is 1. The van der Waals surface area contributed by atoms with Gasteiger partial charge in [-0.3, -0.25) is 0 Å². The predicted molar refractivity (Wildman–Crippen MR) is 75.2 cm³/mol. The number of imidazole rings is 1. The molecule has 5 heteroatoms. The average Bonchev–Trinajstić information content (AvgIpc) is 2.96. The quantitative estimate of drug-likeness (QED) is 0.685. The number of hydrogen-bond acceptors (Lipinski definition) is 3. The van der Waals surface area contributed by atoms with Gasteiger partial charge in [0.05, 0.1) is 29.2 Å². The molecule has 3 nitrogen and oxygen atoms in total. The Morgan fingerprint density at radius 2 is 2.11 bits per heavy atom. The van der Waals surface area contributed by atoms with Crippen molar-refractivity contribution in [2.24, 2.45) is 0 Å². The number of thiazole rings is 1. The second kappa shape index (κ2) is 4.71. The number of aromatic nitrogens is 3. The Labute approximate surface area is 114 Å². The fourth-order valence-electron chi connectivity index (χ4n) is 2.01. The van der Waals surface area contributed by atoms with E-state index in [-0.39, 0.29) is 0 Å². The Morgan fingerprint density at radius 3 is 2.89 bits per heavy atom. The number of benzene rings is 1. The highest BCUT2D eigenvalue weighted by atomic mass is 35.5. The summed E-state index contributed by atoms with van der Waals surface area (Å²) in [6.45, 7) is 2.78. The van der Waals surface area contributed by atoms with E-state index in [0.717, 1.165) is 34.1 Å². The van der Waals surface area contributed by atoms with E-state index in [1.54, 1.807) is 11.3 Å². The van der Waals surface area contributed by atoms with Crippen molar-refractivity contribution in [3.05, 3.63) is 46.2 Å². The Hall–Kier alpha value is -1.39. The molecule has 0 aliphatic heterocycles. The van der Waals surface area contributed by atoms with Gasteiger partial charge in [0.25, 0.3) is 0 Å². The van der Waals surface area contributed by atoms with E-state index in [4.69, 9.17) is 11.6 Å². The number of fused-ring (bicyclic) bond motifs is 1. The van der Waals surface area contributed by atoms with Crippen LogP contribution in [0.1, 0.15) is 16.5 Å². The van der Waals surface area contributed by atoms with Crippen molar-refractivity contribution in [1.29, 1.82) is 0 Å². The van der Waals surface area contributed by atoms with Gasteiger partial charge in [0, 0.05) is 5.38 Å². The van der Waals surface area contributed by atoms with Gasteiger partial charge >= 0.3 is 0 Å². The van der Waals surface area contributed by atoms with Crippen LogP contribution in [0, 0.1) is 6.92 Å². The first-order chi connectivity index (χ1) is 8.78. The standard InChI is InChI=1S/C13H12ClN3S/c1-9-15-11-4-2-3-5-12(11)17(9)7-13-16-10(6-14)8-18-13/h2-5,8H,6-7H2,1H3. The zero-order valence-corrected chi connectivity index (χ0v) is 11.5. The van der Waals surface area contributed by atoms with Crippen molar-refractivity contribution in [2.45, 2.75) is 19.3 Å². The van der Waals surface area contributed by atoms with E-state index in [2.05, 4.69) is 20.6 Å². The molecule has 0 radical (unpaired) electrons. The van der Waals surface area contributed by atoms with E-state index in [9.17, 15) is 0 Å². The highest BCUT2D eigenvalue weighted by Gasteiger charge is 2.09. The Kier molecular flexibility index (Phi) is 3.06. The molecule has 0 saturated carbocycles. The number of para-hydroxylation sites is 2. The van der Waals surface area contributed by atoms with Crippen molar-refractivity contribution in [3.63, 3.8) is 0 Å². The molecule has 0 atom stereocenters. The van der Waals surface area contributed by atoms with Crippen molar-refractivity contribution in [1.82, 2.24) is 14.5 Å². The second-order valence-corrected chi connectivity index (χ2v) is 5.31. The Bertz CT molecular complexity index is 686. The molecule has 1 aromatic carbocycles. The van der Waals surface area contributed by atoms with E-state index < -0.39 is 0 Å². The van der Waals surface area contributed by atoms with Gasteiger partial charge in [0.2, 0.25) is 0 Å². The summed E-state index contributed by atoms with van der Waals surface area (Å²) >= 11 is 7.42. The van der Waals surface area contributed by atoms with Crippen LogP contribution in [0.4, 0.5) is 0 Å². The van der Waals surface area contributed by atoms with Gasteiger partial charge in [-0.1, -0.05) is 12.1 Å². The molecule has 0 fully saturated rings. The molecule has 0 aliphatic carbocycles. The van der Waals surface area contributed by atoms with Gasteiger partial charge in [-0.2, -0.15) is 0 Å². The van der Waals surface area contributed by atoms with Gasteiger partial charge in [0.15, 0.2) is 0 Å². The van der Waals surface area contributed by atoms with Crippen LogP contribution in [0.25, 0.3) is 11.0 Å². The molecule has 0 bridgehead atoms. The first kappa shape index (κ1) is 11.7. The summed E-state index contributed by atoms with van der Waals surface area (Å²) in [4.78, 5) is 9.04. The van der Waals surface area contributed by atoms with Gasteiger partial charge in [0.1, 0.15) is 10.8 Å². The van der Waals surface area contributed by atoms with Crippen molar-refractivity contribution < 1.29 is 0 Å². The molecular formula is C13H12ClN3S. The van der Waals surface area contributed by atoms with Crippen LogP contribution in [-0.2, 0) is 12.4 Å². The summed E-state index contributed by atoms with van der Waals surface area (Å²) in [6.07, 6.45) is 0. The SMILES string of the molecule is Cc1nc2ccccc2n1Cc1nc(CCl)cs1. The molecule has 0 amide bonds. The van der Waals surface area contributed by atoms with Crippen LogP contribution in [0.3, 0.4) is 0 Å². The zero-order valence-electron chi connectivity index (χ0n) is 9.93. The van der Waals surface area contributed by atoms with Crippen molar-refractivity contribution in [3.8, 4) is 0 Å². The van der Waals surface area contributed by atoms with Crippen LogP contribution in [0.5, 0.6) is 0 Å². The third kappa shape index (κ3) is 2.02. The molecule has 0 saturated heterocycles. The monoisotopic (exact) mass is 277 g/mol. The van der Waals surface area contributed by atoms with Gasteiger partial charge < -0.3 is 4.57 Å². The lowest BCUT2D eigenvalue weighted by molar-refractivity contribution is 0.777. The van der Waals surface area contributed by atoms with E-state index in [0.29, 0.717) is 5.88 Å². The highest BCUT2D eigenvalue weighted by molar-refractivity contribution is 7.09. The summed E-state index contributed by atoms with van der Waals surface area (Å²) < 4.78 is 2.19. The summed E-state index contributed by atoms with van der Waals surface area (Å²) in [6, 6.07) is 8.16. The minimum atomic E-state index is 0.472. The summed E-state index contributed by atoms with van der Waals surface area (Å²) in [5.74, 6) is 1.49. The number of hydrogen-bond donors (Lipinski definition) is 0. The van der Waals surface area contributed by atoms with Crippen molar-refractivity contribution >= 4 is 34.0 Å². The highest BCUT2D eigenvalue weighted by Crippen LogP contribution is 2.19. The van der Waals surface area contributed by atoms with Crippen molar-refractivity contribution in [2.75, 3.05) is 0 Å². The Balaban J connectivity index is 2.01. The zero-order chi connectivity index (χ0) is 12.5. The second-order valence-electron chi connectivity index (χ2n) is 4.10. The molecule has 0 N–H and O–H groups in total. The van der Waals surface area contributed by atoms with Gasteiger partial charge in [-0.15, -0.1) is 22.9 Å². The first-order valence-corrected chi connectivity index (χ1v) is 7.10. The maximum atomic E-state index is 5.77. The predicted octanol–water partition coefficient (Wildman–Crippen LogP) is 3.59. The summed E-state index contributed by atoms with van der Waals surface area (Å²) in [5.41, 5.74) is 3.13. The minimum absolute atomic E-state index is 0.472. The van der Waals surface area contributed by atoms with Gasteiger partial charge in [-0.05, 0) is 19.1 Å². The fraction of sp³-hybridized carbons (Fsp3) is 0.231. The smallest absolute Gasteiger partial charge is 0.113 e. The molecule has 2 heterocycles. The molecule has 2 aromatic heterocycles. The fourth-order valence-corrected chi connectivity index (χ4v) is 3.02. The van der Waals surface area contributed by atoms with Crippen LogP contribution in [0.15, 0.2) is 29.6 Å². The number of nitrogens with zero attached hydrogens (tertiary/aromatic N) is 3. The maximum absolute atomic E-state index is 5.77. The number of alkyl halides is 1. The van der Waals surface area contributed by atoms with Crippen LogP contribution in [0.2, 0.25) is 0 Å². The third-order valence-corrected chi connectivity index (χ3v) is 4.03. The number of rotatable bonds is 3. The molecule has 18 heavy (non-hydrogen) atoms. The Morgan fingerprint density at radius 1 is 1.28 bits per heavy atom. The lowest BCUT2D eigenvalue weighted by atomic mass is 10.3. The van der Waals surface area contributed by atoms with Crippen LogP contribution < -0.4 is 0 Å². The summed E-state index contributed by atoms with van der Waals surface area (Å²) in [7, 11) is 0. The molecular weight excluding hydrogens is 266 g/mol. The molecule has 3 rings (SSSR count). The third-order valence-electron chi connectivity index (χ3n) is 2.88. The first-order valence-electron chi connectivity index (χ1n) is 5.69. The largest absolute Gasteiger partial charge is 0.321 e. The van der Waals surface area contributed by atoms with E-state index >= 15 is 0 Å². The lowest BCUT2D eigenvalue weighted by Gasteiger charge is -2.03. The van der Waals surface area contributed by atoms with E-state index in [1.165, 1.54) is 0 Å². The molecule has 0 spiro atoms. The minimum Gasteiger partial charge on any atom is -0.321 e. The van der Waals surface area contributed by atoms with Gasteiger partial charge in [-0.25, -0.2) is 9.97 Å². The van der Waals surface area contributed by atoms with Crippen LogP contribution in [-0.4, -0.2) is 14.5 Å². The lowest BCUT2D eigenvalue weighted by Crippen LogP contribution is -2.01. The molecule has 0 aliphatic rings. The van der Waals surface area contributed by atoms with Crippen LogP contribution >= 0.6 is 22.9 Å². The molecule has 3 aromatic rings.